The van der Waals surface area contributed by atoms with Gasteiger partial charge in [0.15, 0.2) is 0 Å². The Balaban J connectivity index is 3.31. The van der Waals surface area contributed by atoms with E-state index in [2.05, 4.69) is 4.52 Å². The van der Waals surface area contributed by atoms with Crippen molar-refractivity contribution in [1.29, 1.82) is 0 Å². The Morgan fingerprint density at radius 3 is 2.54 bits per heavy atom. The first-order valence-corrected chi connectivity index (χ1v) is 5.52. The molecular formula is C9H13O3P. The van der Waals surface area contributed by atoms with Gasteiger partial charge in [0.05, 0.1) is 5.30 Å². The summed E-state index contributed by atoms with van der Waals surface area (Å²) >= 11 is 0. The van der Waals surface area contributed by atoms with Gasteiger partial charge in [-0.3, -0.25) is 4.57 Å². The maximum Gasteiger partial charge on any atom is 0.358 e. The van der Waals surface area contributed by atoms with Gasteiger partial charge in [-0.2, -0.15) is 0 Å². The molecule has 3 nitrogen and oxygen atoms in total. The summed E-state index contributed by atoms with van der Waals surface area (Å²) in [4.78, 5) is 9.43. The molecule has 0 fully saturated rings. The van der Waals surface area contributed by atoms with Gasteiger partial charge >= 0.3 is 7.60 Å². The molecular weight excluding hydrogens is 187 g/mol. The molecule has 0 radical (unpaired) electrons. The van der Waals surface area contributed by atoms with Gasteiger partial charge in [-0.25, -0.2) is 0 Å². The molecule has 1 rings (SSSR count). The highest BCUT2D eigenvalue weighted by Crippen LogP contribution is 2.40. The van der Waals surface area contributed by atoms with Crippen LogP contribution < -0.4 is 5.30 Å². The van der Waals surface area contributed by atoms with Crippen LogP contribution in [-0.2, 0) is 9.09 Å². The highest BCUT2D eigenvalue weighted by atomic mass is 31.2. The van der Waals surface area contributed by atoms with Gasteiger partial charge < -0.3 is 9.42 Å². The molecule has 0 aliphatic rings. The summed E-state index contributed by atoms with van der Waals surface area (Å²) in [5.74, 6) is 0. The third kappa shape index (κ3) is 1.99. The van der Waals surface area contributed by atoms with Crippen molar-refractivity contribution in [1.82, 2.24) is 0 Å². The molecule has 1 unspecified atom stereocenters. The molecule has 0 spiro atoms. The molecule has 1 N–H and O–H groups in total. The van der Waals surface area contributed by atoms with E-state index in [0.29, 0.717) is 5.30 Å². The van der Waals surface area contributed by atoms with Crippen molar-refractivity contribution in [3.05, 3.63) is 29.3 Å². The van der Waals surface area contributed by atoms with Gasteiger partial charge in [0.25, 0.3) is 0 Å². The van der Waals surface area contributed by atoms with Crippen LogP contribution in [0.5, 0.6) is 0 Å². The Kier molecular flexibility index (Phi) is 2.91. The standard InChI is InChI=1S/C9H13O3P/c1-7-5-4-6-9(8(7)2)13(10,11)12-3/h4-6H,1-3H3,(H,10,11). The lowest BCUT2D eigenvalue weighted by atomic mass is 10.1. The lowest BCUT2D eigenvalue weighted by Gasteiger charge is -2.12. The van der Waals surface area contributed by atoms with Crippen molar-refractivity contribution >= 4 is 12.9 Å². The molecule has 0 heterocycles. The van der Waals surface area contributed by atoms with Gasteiger partial charge in [-0.1, -0.05) is 12.1 Å². The van der Waals surface area contributed by atoms with Crippen LogP contribution in [0.2, 0.25) is 0 Å². The van der Waals surface area contributed by atoms with Crippen molar-refractivity contribution in [2.75, 3.05) is 7.11 Å². The number of hydrogen-bond donors (Lipinski definition) is 1. The van der Waals surface area contributed by atoms with Gasteiger partial charge in [-0.05, 0) is 31.0 Å². The molecule has 0 aliphatic heterocycles. The summed E-state index contributed by atoms with van der Waals surface area (Å²) in [5.41, 5.74) is 1.80. The fourth-order valence-electron chi connectivity index (χ4n) is 1.14. The summed E-state index contributed by atoms with van der Waals surface area (Å²) in [6, 6.07) is 5.26. The summed E-state index contributed by atoms with van der Waals surface area (Å²) in [6.07, 6.45) is 0. The van der Waals surface area contributed by atoms with E-state index in [-0.39, 0.29) is 0 Å². The molecule has 0 amide bonds. The minimum Gasteiger partial charge on any atom is -0.321 e. The molecule has 13 heavy (non-hydrogen) atoms. The zero-order valence-corrected chi connectivity index (χ0v) is 8.84. The summed E-state index contributed by atoms with van der Waals surface area (Å²) < 4.78 is 16.1. The maximum absolute atomic E-state index is 11.5. The first-order chi connectivity index (χ1) is 5.99. The lowest BCUT2D eigenvalue weighted by Crippen LogP contribution is -2.10. The normalized spacial score (nSPS) is 15.4. The van der Waals surface area contributed by atoms with E-state index in [4.69, 9.17) is 0 Å². The number of aryl methyl sites for hydroxylation is 1. The molecule has 1 aromatic carbocycles. The predicted molar refractivity (Wildman–Crippen MR) is 52.4 cm³/mol. The van der Waals surface area contributed by atoms with Crippen LogP contribution in [0.3, 0.4) is 0 Å². The van der Waals surface area contributed by atoms with Crippen molar-refractivity contribution in [2.24, 2.45) is 0 Å². The molecule has 4 heteroatoms. The molecule has 0 bridgehead atoms. The van der Waals surface area contributed by atoms with Crippen LogP contribution in [0.15, 0.2) is 18.2 Å². The molecule has 0 saturated heterocycles. The second-order valence-electron chi connectivity index (χ2n) is 2.92. The number of benzene rings is 1. The molecule has 0 aromatic heterocycles. The molecule has 0 saturated carbocycles. The SMILES string of the molecule is COP(=O)(O)c1cccc(C)c1C. The quantitative estimate of drug-likeness (QED) is 0.740. The predicted octanol–water partition coefficient (Wildman–Crippen LogP) is 1.76. The van der Waals surface area contributed by atoms with E-state index in [1.165, 1.54) is 7.11 Å². The van der Waals surface area contributed by atoms with Crippen LogP contribution >= 0.6 is 7.60 Å². The summed E-state index contributed by atoms with van der Waals surface area (Å²) in [6.45, 7) is 3.71. The number of rotatable bonds is 2. The Hall–Kier alpha value is -0.630. The van der Waals surface area contributed by atoms with E-state index >= 15 is 0 Å². The summed E-state index contributed by atoms with van der Waals surface area (Å²) in [7, 11) is -2.35. The van der Waals surface area contributed by atoms with Gasteiger partial charge in [-0.15, -0.1) is 0 Å². The average molecular weight is 200 g/mol. The topological polar surface area (TPSA) is 46.5 Å². The third-order valence-corrected chi connectivity index (χ3v) is 3.72. The Labute approximate surface area is 77.9 Å². The Morgan fingerprint density at radius 2 is 2.00 bits per heavy atom. The van der Waals surface area contributed by atoms with Crippen molar-refractivity contribution in [2.45, 2.75) is 13.8 Å². The second-order valence-corrected chi connectivity index (χ2v) is 4.81. The smallest absolute Gasteiger partial charge is 0.321 e. The largest absolute Gasteiger partial charge is 0.358 e. The van der Waals surface area contributed by atoms with E-state index in [1.807, 2.05) is 19.9 Å². The molecule has 0 aliphatic carbocycles. The summed E-state index contributed by atoms with van der Waals surface area (Å²) in [5, 5.41) is 0.384. The Morgan fingerprint density at radius 1 is 1.38 bits per heavy atom. The van der Waals surface area contributed by atoms with Crippen molar-refractivity contribution in [3.63, 3.8) is 0 Å². The third-order valence-electron chi connectivity index (χ3n) is 2.13. The first kappa shape index (κ1) is 10.5. The van der Waals surface area contributed by atoms with Crippen molar-refractivity contribution < 1.29 is 14.0 Å². The van der Waals surface area contributed by atoms with Crippen molar-refractivity contribution in [3.8, 4) is 0 Å². The first-order valence-electron chi connectivity index (χ1n) is 3.94. The zero-order valence-electron chi connectivity index (χ0n) is 7.94. The Bertz CT molecular complexity index is 360. The maximum atomic E-state index is 11.5. The zero-order chi connectivity index (χ0) is 10.1. The molecule has 1 aromatic rings. The fourth-order valence-corrected chi connectivity index (χ4v) is 2.21. The fraction of sp³-hybridized carbons (Fsp3) is 0.333. The van der Waals surface area contributed by atoms with Gasteiger partial charge in [0, 0.05) is 7.11 Å². The van der Waals surface area contributed by atoms with E-state index in [0.717, 1.165) is 11.1 Å². The van der Waals surface area contributed by atoms with Gasteiger partial charge in [0.1, 0.15) is 0 Å². The second kappa shape index (κ2) is 3.62. The minimum absolute atomic E-state index is 0.384. The monoisotopic (exact) mass is 200 g/mol. The molecule has 1 atom stereocenters. The van der Waals surface area contributed by atoms with Crippen LogP contribution in [0.4, 0.5) is 0 Å². The van der Waals surface area contributed by atoms with Crippen LogP contribution in [0, 0.1) is 13.8 Å². The van der Waals surface area contributed by atoms with Crippen LogP contribution in [0.1, 0.15) is 11.1 Å². The van der Waals surface area contributed by atoms with Crippen LogP contribution in [-0.4, -0.2) is 12.0 Å². The molecule has 72 valence electrons. The lowest BCUT2D eigenvalue weighted by molar-refractivity contribution is 0.328. The highest BCUT2D eigenvalue weighted by molar-refractivity contribution is 7.61. The van der Waals surface area contributed by atoms with E-state index in [1.54, 1.807) is 12.1 Å². The van der Waals surface area contributed by atoms with Gasteiger partial charge in [0.2, 0.25) is 0 Å². The number of hydrogen-bond acceptors (Lipinski definition) is 2. The average Bonchev–Trinajstić information content (AvgIpc) is 2.09. The highest BCUT2D eigenvalue weighted by Gasteiger charge is 2.23. The van der Waals surface area contributed by atoms with E-state index in [9.17, 15) is 9.46 Å². The van der Waals surface area contributed by atoms with Crippen LogP contribution in [0.25, 0.3) is 0 Å². The minimum atomic E-state index is -3.59. The van der Waals surface area contributed by atoms with E-state index < -0.39 is 7.60 Å².